The van der Waals surface area contributed by atoms with Crippen LogP contribution in [-0.2, 0) is 22.7 Å². The van der Waals surface area contributed by atoms with E-state index in [0.717, 1.165) is 5.69 Å². The molecule has 1 aromatic heterocycles. The summed E-state index contributed by atoms with van der Waals surface area (Å²) in [6.45, 7) is 5.64. The Bertz CT molecular complexity index is 829. The number of hydrogen-bond acceptors (Lipinski definition) is 5. The van der Waals surface area contributed by atoms with Crippen molar-refractivity contribution in [1.82, 2.24) is 14.5 Å². The SMILES string of the molecule is CC(C)(C)C(=O)OCn1cncc1CCN1C(=O)c2ccccc2C1=O. The molecule has 1 aliphatic heterocycles. The van der Waals surface area contributed by atoms with E-state index in [-0.39, 0.29) is 31.1 Å². The van der Waals surface area contributed by atoms with Crippen molar-refractivity contribution in [3.8, 4) is 0 Å². The molecule has 0 radical (unpaired) electrons. The van der Waals surface area contributed by atoms with Crippen molar-refractivity contribution in [1.29, 1.82) is 0 Å². The van der Waals surface area contributed by atoms with Crippen LogP contribution in [0.3, 0.4) is 0 Å². The molecule has 0 spiro atoms. The van der Waals surface area contributed by atoms with Crippen LogP contribution < -0.4 is 0 Å². The third kappa shape index (κ3) is 3.37. The number of hydrogen-bond donors (Lipinski definition) is 0. The van der Waals surface area contributed by atoms with E-state index >= 15 is 0 Å². The number of amides is 2. The van der Waals surface area contributed by atoms with Gasteiger partial charge in [0.25, 0.3) is 11.8 Å². The summed E-state index contributed by atoms with van der Waals surface area (Å²) in [6, 6.07) is 6.80. The number of carbonyl (C=O) groups is 3. The summed E-state index contributed by atoms with van der Waals surface area (Å²) in [4.78, 5) is 42.0. The zero-order chi connectivity index (χ0) is 18.9. The second-order valence-electron chi connectivity index (χ2n) is 7.22. The molecule has 2 heterocycles. The van der Waals surface area contributed by atoms with Gasteiger partial charge in [-0.15, -0.1) is 0 Å². The molecule has 7 heteroatoms. The molecular weight excluding hydrogens is 334 g/mol. The van der Waals surface area contributed by atoms with Crippen LogP contribution >= 0.6 is 0 Å². The molecule has 1 aromatic carbocycles. The van der Waals surface area contributed by atoms with E-state index < -0.39 is 5.41 Å². The van der Waals surface area contributed by atoms with Crippen molar-refractivity contribution in [2.45, 2.75) is 33.9 Å². The molecule has 3 rings (SSSR count). The van der Waals surface area contributed by atoms with Gasteiger partial charge in [-0.1, -0.05) is 12.1 Å². The molecule has 136 valence electrons. The third-order valence-electron chi connectivity index (χ3n) is 4.22. The van der Waals surface area contributed by atoms with Gasteiger partial charge in [-0.3, -0.25) is 19.3 Å². The Morgan fingerprint density at radius 1 is 1.12 bits per heavy atom. The second-order valence-corrected chi connectivity index (χ2v) is 7.22. The van der Waals surface area contributed by atoms with Crippen LogP contribution in [0.5, 0.6) is 0 Å². The molecule has 0 N–H and O–H groups in total. The van der Waals surface area contributed by atoms with Gasteiger partial charge in [0.15, 0.2) is 6.73 Å². The monoisotopic (exact) mass is 355 g/mol. The van der Waals surface area contributed by atoms with Crippen LogP contribution in [0.25, 0.3) is 0 Å². The van der Waals surface area contributed by atoms with Crippen LogP contribution in [-0.4, -0.2) is 38.8 Å². The summed E-state index contributed by atoms with van der Waals surface area (Å²) in [5.41, 5.74) is 1.07. The fraction of sp³-hybridized carbons (Fsp3) is 0.368. The van der Waals surface area contributed by atoms with Crippen molar-refractivity contribution in [2.75, 3.05) is 6.54 Å². The number of nitrogens with zero attached hydrogens (tertiary/aromatic N) is 3. The fourth-order valence-corrected chi connectivity index (χ4v) is 2.69. The molecule has 26 heavy (non-hydrogen) atoms. The zero-order valence-electron chi connectivity index (χ0n) is 15.1. The quantitative estimate of drug-likeness (QED) is 0.607. The lowest BCUT2D eigenvalue weighted by molar-refractivity contribution is -0.157. The van der Waals surface area contributed by atoms with Crippen LogP contribution in [0.15, 0.2) is 36.8 Å². The van der Waals surface area contributed by atoms with Gasteiger partial charge in [-0.2, -0.15) is 0 Å². The van der Waals surface area contributed by atoms with E-state index in [1.165, 1.54) is 4.90 Å². The minimum absolute atomic E-state index is 0.0492. The molecule has 2 aromatic rings. The molecular formula is C19H21N3O4. The first kappa shape index (κ1) is 17.8. The van der Waals surface area contributed by atoms with Gasteiger partial charge in [-0.05, 0) is 32.9 Å². The normalized spacial score (nSPS) is 13.9. The van der Waals surface area contributed by atoms with Gasteiger partial charge < -0.3 is 9.30 Å². The second kappa shape index (κ2) is 6.74. The highest BCUT2D eigenvalue weighted by molar-refractivity contribution is 6.21. The first-order valence-electron chi connectivity index (χ1n) is 8.40. The number of esters is 1. The molecule has 0 unspecified atom stereocenters. The third-order valence-corrected chi connectivity index (χ3v) is 4.22. The summed E-state index contributed by atoms with van der Waals surface area (Å²) in [5.74, 6) is -0.871. The maximum Gasteiger partial charge on any atom is 0.312 e. The van der Waals surface area contributed by atoms with E-state index in [4.69, 9.17) is 4.74 Å². The summed E-state index contributed by atoms with van der Waals surface area (Å²) >= 11 is 0. The highest BCUT2D eigenvalue weighted by Crippen LogP contribution is 2.22. The Hall–Kier alpha value is -2.96. The van der Waals surface area contributed by atoms with Gasteiger partial charge in [0, 0.05) is 24.9 Å². The number of fused-ring (bicyclic) bond motifs is 1. The van der Waals surface area contributed by atoms with Crippen molar-refractivity contribution in [3.63, 3.8) is 0 Å². The number of rotatable bonds is 5. The average molecular weight is 355 g/mol. The predicted octanol–water partition coefficient (Wildman–Crippen LogP) is 2.27. The van der Waals surface area contributed by atoms with Gasteiger partial charge in [0.2, 0.25) is 0 Å². The van der Waals surface area contributed by atoms with Gasteiger partial charge in [-0.25, -0.2) is 4.98 Å². The maximum atomic E-state index is 12.4. The number of aromatic nitrogens is 2. The van der Waals surface area contributed by atoms with Gasteiger partial charge >= 0.3 is 5.97 Å². The summed E-state index contributed by atoms with van der Waals surface area (Å²) in [5, 5.41) is 0. The van der Waals surface area contributed by atoms with Crippen LogP contribution in [0.2, 0.25) is 0 Å². The van der Waals surface area contributed by atoms with E-state index in [1.54, 1.807) is 62.1 Å². The largest absolute Gasteiger partial charge is 0.443 e. The Labute approximate surface area is 151 Å². The highest BCUT2D eigenvalue weighted by Gasteiger charge is 2.34. The molecule has 1 aliphatic rings. The van der Waals surface area contributed by atoms with Crippen LogP contribution in [0.1, 0.15) is 47.2 Å². The van der Waals surface area contributed by atoms with Crippen LogP contribution in [0, 0.1) is 5.41 Å². The summed E-state index contributed by atoms with van der Waals surface area (Å²) in [6.07, 6.45) is 3.63. The molecule has 0 saturated heterocycles. The molecule has 0 bridgehead atoms. The Balaban J connectivity index is 1.64. The lowest BCUT2D eigenvalue weighted by Crippen LogP contribution is -2.32. The Morgan fingerprint density at radius 3 is 2.31 bits per heavy atom. The number of carbonyl (C=O) groups excluding carboxylic acids is 3. The zero-order valence-corrected chi connectivity index (χ0v) is 15.1. The average Bonchev–Trinajstić information content (AvgIpc) is 3.14. The lowest BCUT2D eigenvalue weighted by atomic mass is 9.98. The van der Waals surface area contributed by atoms with Crippen molar-refractivity contribution in [2.24, 2.45) is 5.41 Å². The lowest BCUT2D eigenvalue weighted by Gasteiger charge is -2.18. The topological polar surface area (TPSA) is 81.5 Å². The minimum Gasteiger partial charge on any atom is -0.443 e. The molecule has 0 aliphatic carbocycles. The highest BCUT2D eigenvalue weighted by atomic mass is 16.5. The number of benzene rings is 1. The fourth-order valence-electron chi connectivity index (χ4n) is 2.69. The van der Waals surface area contributed by atoms with Crippen LogP contribution in [0.4, 0.5) is 0 Å². The molecule has 0 atom stereocenters. The number of imidazole rings is 1. The first-order chi connectivity index (χ1) is 12.3. The first-order valence-corrected chi connectivity index (χ1v) is 8.40. The number of imide groups is 1. The summed E-state index contributed by atoms with van der Waals surface area (Å²) < 4.78 is 6.99. The van der Waals surface area contributed by atoms with E-state index in [2.05, 4.69) is 4.98 Å². The summed E-state index contributed by atoms with van der Waals surface area (Å²) in [7, 11) is 0. The van der Waals surface area contributed by atoms with Crippen molar-refractivity contribution >= 4 is 17.8 Å². The Kier molecular flexibility index (Phi) is 4.63. The van der Waals surface area contributed by atoms with Gasteiger partial charge in [0.1, 0.15) is 0 Å². The van der Waals surface area contributed by atoms with E-state index in [1.807, 2.05) is 0 Å². The van der Waals surface area contributed by atoms with Crippen molar-refractivity contribution in [3.05, 3.63) is 53.6 Å². The predicted molar refractivity (Wildman–Crippen MR) is 93.3 cm³/mol. The van der Waals surface area contributed by atoms with E-state index in [9.17, 15) is 14.4 Å². The minimum atomic E-state index is -0.582. The van der Waals surface area contributed by atoms with E-state index in [0.29, 0.717) is 17.5 Å². The standard InChI is InChI=1S/C19H21N3O4/c1-19(2,3)18(25)26-12-21-11-20-10-13(21)8-9-22-16(23)14-6-4-5-7-15(14)17(22)24/h4-7,10-11H,8-9,12H2,1-3H3. The molecule has 0 saturated carbocycles. The molecule has 2 amide bonds. The Morgan fingerprint density at radius 2 is 1.73 bits per heavy atom. The smallest absolute Gasteiger partial charge is 0.312 e. The molecule has 7 nitrogen and oxygen atoms in total. The maximum absolute atomic E-state index is 12.4. The number of ether oxygens (including phenoxy) is 1. The van der Waals surface area contributed by atoms with Crippen molar-refractivity contribution < 1.29 is 19.1 Å². The van der Waals surface area contributed by atoms with Gasteiger partial charge in [0.05, 0.1) is 22.9 Å². The molecule has 0 fully saturated rings.